The standard InChI is InChI=1S/C15H17FN2O2S/c1-8(2)15(16)5-4-10-9(7-15)6-11-12(17-10)21-13(18-11)14(19)20-3/h6,8H,4-5,7H2,1-3H3/t15-/m0/s1. The SMILES string of the molecule is COC(=O)c1nc2cc3c(nc2s1)CC[C@@](F)(C(C)C)C3. The number of ether oxygens (including phenoxy) is 1. The molecule has 1 aliphatic rings. The van der Waals surface area contributed by atoms with Crippen molar-refractivity contribution in [2.24, 2.45) is 5.92 Å². The van der Waals surface area contributed by atoms with Gasteiger partial charge in [0.2, 0.25) is 5.01 Å². The number of fused-ring (bicyclic) bond motifs is 2. The molecule has 21 heavy (non-hydrogen) atoms. The minimum Gasteiger partial charge on any atom is -0.464 e. The summed E-state index contributed by atoms with van der Waals surface area (Å²) in [6.45, 7) is 3.82. The maximum Gasteiger partial charge on any atom is 0.367 e. The van der Waals surface area contributed by atoms with E-state index in [9.17, 15) is 9.18 Å². The zero-order chi connectivity index (χ0) is 15.2. The van der Waals surface area contributed by atoms with E-state index in [0.717, 1.165) is 11.3 Å². The molecular formula is C15H17FN2O2S. The molecule has 0 unspecified atom stereocenters. The highest BCUT2D eigenvalue weighted by Gasteiger charge is 2.38. The van der Waals surface area contributed by atoms with Crippen LogP contribution in [0.1, 0.15) is 41.3 Å². The van der Waals surface area contributed by atoms with Crippen molar-refractivity contribution in [3.05, 3.63) is 22.3 Å². The first-order valence-corrected chi connectivity index (χ1v) is 7.81. The molecule has 0 amide bonds. The fourth-order valence-electron chi connectivity index (χ4n) is 2.71. The topological polar surface area (TPSA) is 52.1 Å². The number of aromatic nitrogens is 2. The Morgan fingerprint density at radius 2 is 2.24 bits per heavy atom. The van der Waals surface area contributed by atoms with E-state index in [2.05, 4.69) is 14.7 Å². The quantitative estimate of drug-likeness (QED) is 0.799. The van der Waals surface area contributed by atoms with Crippen molar-refractivity contribution in [2.75, 3.05) is 7.11 Å². The van der Waals surface area contributed by atoms with Gasteiger partial charge in [-0.3, -0.25) is 0 Å². The van der Waals surface area contributed by atoms with E-state index in [0.29, 0.717) is 29.6 Å². The van der Waals surface area contributed by atoms with Crippen molar-refractivity contribution >= 4 is 27.7 Å². The number of hydrogen-bond acceptors (Lipinski definition) is 5. The van der Waals surface area contributed by atoms with Gasteiger partial charge in [0.15, 0.2) is 0 Å². The van der Waals surface area contributed by atoms with Crippen LogP contribution in [0.5, 0.6) is 0 Å². The number of nitrogens with zero attached hydrogens (tertiary/aromatic N) is 2. The predicted molar refractivity (Wildman–Crippen MR) is 79.5 cm³/mol. The second kappa shape index (κ2) is 5.02. The Hall–Kier alpha value is -1.56. The number of pyridine rings is 1. The van der Waals surface area contributed by atoms with E-state index in [4.69, 9.17) is 0 Å². The molecule has 2 aromatic heterocycles. The van der Waals surface area contributed by atoms with E-state index in [-0.39, 0.29) is 10.9 Å². The smallest absolute Gasteiger partial charge is 0.367 e. The summed E-state index contributed by atoms with van der Waals surface area (Å²) in [6.07, 6.45) is 1.50. The lowest BCUT2D eigenvalue weighted by atomic mass is 9.77. The fraction of sp³-hybridized carbons (Fsp3) is 0.533. The molecule has 0 aliphatic heterocycles. The van der Waals surface area contributed by atoms with Crippen LogP contribution < -0.4 is 0 Å². The molecule has 2 aromatic rings. The monoisotopic (exact) mass is 308 g/mol. The average molecular weight is 308 g/mol. The van der Waals surface area contributed by atoms with Crippen LogP contribution in [0.4, 0.5) is 4.39 Å². The maximum absolute atomic E-state index is 14.8. The van der Waals surface area contributed by atoms with Gasteiger partial charge in [-0.2, -0.15) is 0 Å². The average Bonchev–Trinajstić information content (AvgIpc) is 2.86. The largest absolute Gasteiger partial charge is 0.464 e. The van der Waals surface area contributed by atoms with Crippen molar-refractivity contribution in [1.82, 2.24) is 9.97 Å². The molecule has 0 N–H and O–H groups in total. The van der Waals surface area contributed by atoms with Gasteiger partial charge in [0.05, 0.1) is 7.11 Å². The number of carbonyl (C=O) groups excluding carboxylic acids is 1. The minimum absolute atomic E-state index is 0.0255. The molecule has 0 aromatic carbocycles. The van der Waals surface area contributed by atoms with E-state index >= 15 is 0 Å². The molecule has 112 valence electrons. The minimum atomic E-state index is -1.18. The number of rotatable bonds is 2. The van der Waals surface area contributed by atoms with E-state index in [1.54, 1.807) is 0 Å². The first-order valence-electron chi connectivity index (χ1n) is 6.99. The third-order valence-corrected chi connectivity index (χ3v) is 5.15. The molecule has 0 spiro atoms. The lowest BCUT2D eigenvalue weighted by Crippen LogP contribution is -2.36. The third kappa shape index (κ3) is 2.41. The molecule has 0 radical (unpaired) electrons. The van der Waals surface area contributed by atoms with Crippen LogP contribution in [0, 0.1) is 5.92 Å². The van der Waals surface area contributed by atoms with Gasteiger partial charge in [0.25, 0.3) is 0 Å². The summed E-state index contributed by atoms with van der Waals surface area (Å²) >= 11 is 1.22. The Balaban J connectivity index is 2.03. The van der Waals surface area contributed by atoms with Crippen molar-refractivity contribution < 1.29 is 13.9 Å². The summed E-state index contributed by atoms with van der Waals surface area (Å²) in [7, 11) is 1.33. The van der Waals surface area contributed by atoms with Crippen molar-refractivity contribution in [3.8, 4) is 0 Å². The summed E-state index contributed by atoms with van der Waals surface area (Å²) in [5.74, 6) is -0.486. The van der Waals surface area contributed by atoms with Gasteiger partial charge in [0.1, 0.15) is 16.0 Å². The number of aryl methyl sites for hydroxylation is 1. The Kier molecular flexibility index (Phi) is 3.43. The number of hydrogen-bond donors (Lipinski definition) is 0. The fourth-order valence-corrected chi connectivity index (χ4v) is 3.57. The Morgan fingerprint density at radius 1 is 1.48 bits per heavy atom. The van der Waals surface area contributed by atoms with Gasteiger partial charge in [-0.25, -0.2) is 19.2 Å². The van der Waals surface area contributed by atoms with Crippen LogP contribution in [-0.2, 0) is 17.6 Å². The van der Waals surface area contributed by atoms with Crippen LogP contribution >= 0.6 is 11.3 Å². The number of methoxy groups -OCH3 is 1. The van der Waals surface area contributed by atoms with Gasteiger partial charge in [0, 0.05) is 12.1 Å². The van der Waals surface area contributed by atoms with Crippen LogP contribution in [0.2, 0.25) is 0 Å². The van der Waals surface area contributed by atoms with Crippen LogP contribution in [-0.4, -0.2) is 28.7 Å². The Labute approximate surface area is 126 Å². The Bertz CT molecular complexity index is 713. The van der Waals surface area contributed by atoms with Crippen LogP contribution in [0.25, 0.3) is 10.3 Å². The lowest BCUT2D eigenvalue weighted by Gasteiger charge is -2.33. The maximum atomic E-state index is 14.8. The molecule has 6 heteroatoms. The highest BCUT2D eigenvalue weighted by atomic mass is 32.1. The van der Waals surface area contributed by atoms with Crippen molar-refractivity contribution in [3.63, 3.8) is 0 Å². The van der Waals surface area contributed by atoms with E-state index in [1.165, 1.54) is 18.4 Å². The predicted octanol–water partition coefficient (Wildman–Crippen LogP) is 3.33. The first-order chi connectivity index (χ1) is 9.93. The number of carbonyl (C=O) groups is 1. The van der Waals surface area contributed by atoms with Gasteiger partial charge < -0.3 is 4.74 Å². The number of esters is 1. The summed E-state index contributed by atoms with van der Waals surface area (Å²) in [4.78, 5) is 21.1. The zero-order valence-corrected chi connectivity index (χ0v) is 13.1. The molecule has 1 atom stereocenters. The number of alkyl halides is 1. The first kappa shape index (κ1) is 14.4. The summed E-state index contributed by atoms with van der Waals surface area (Å²) in [6, 6.07) is 1.87. The molecule has 4 nitrogen and oxygen atoms in total. The Morgan fingerprint density at radius 3 is 2.90 bits per heavy atom. The number of halogens is 1. The molecule has 2 heterocycles. The molecule has 0 bridgehead atoms. The van der Waals surface area contributed by atoms with Crippen molar-refractivity contribution in [2.45, 2.75) is 38.8 Å². The van der Waals surface area contributed by atoms with Gasteiger partial charge in [-0.15, -0.1) is 0 Å². The van der Waals surface area contributed by atoms with Crippen molar-refractivity contribution in [1.29, 1.82) is 0 Å². The summed E-state index contributed by atoms with van der Waals surface area (Å²) < 4.78 is 19.5. The lowest BCUT2D eigenvalue weighted by molar-refractivity contribution is 0.0600. The second-order valence-corrected chi connectivity index (χ2v) is 6.77. The summed E-state index contributed by atoms with van der Waals surface area (Å²) in [5, 5.41) is 0.290. The summed E-state index contributed by atoms with van der Waals surface area (Å²) in [5.41, 5.74) is 1.30. The molecule has 0 fully saturated rings. The van der Waals surface area contributed by atoms with Gasteiger partial charge in [-0.05, 0) is 30.4 Å². The highest BCUT2D eigenvalue weighted by molar-refractivity contribution is 7.19. The molecular weight excluding hydrogens is 291 g/mol. The van der Waals surface area contributed by atoms with Gasteiger partial charge in [-0.1, -0.05) is 25.2 Å². The normalized spacial score (nSPS) is 21.6. The number of thiazole rings is 1. The third-order valence-electron chi connectivity index (χ3n) is 4.21. The van der Waals surface area contributed by atoms with Crippen LogP contribution in [0.3, 0.4) is 0 Å². The molecule has 3 rings (SSSR count). The van der Waals surface area contributed by atoms with E-state index in [1.807, 2.05) is 19.9 Å². The van der Waals surface area contributed by atoms with Crippen LogP contribution in [0.15, 0.2) is 6.07 Å². The zero-order valence-electron chi connectivity index (χ0n) is 12.3. The molecule has 0 saturated carbocycles. The van der Waals surface area contributed by atoms with E-state index < -0.39 is 11.6 Å². The molecule has 0 saturated heterocycles. The second-order valence-electron chi connectivity index (χ2n) is 5.80. The molecule has 1 aliphatic carbocycles. The van der Waals surface area contributed by atoms with Gasteiger partial charge >= 0.3 is 5.97 Å². The highest BCUT2D eigenvalue weighted by Crippen LogP contribution is 2.38.